The predicted octanol–water partition coefficient (Wildman–Crippen LogP) is 0.610. The third-order valence-corrected chi connectivity index (χ3v) is 2.53. The second kappa shape index (κ2) is 3.37. The highest BCUT2D eigenvalue weighted by Crippen LogP contribution is 2.08. The van der Waals surface area contributed by atoms with Crippen LogP contribution in [0.15, 0.2) is 12.2 Å². The molecule has 1 fully saturated rings. The minimum atomic E-state index is 0.773. The van der Waals surface area contributed by atoms with Gasteiger partial charge in [0.15, 0.2) is 0 Å². The highest BCUT2D eigenvalue weighted by molar-refractivity contribution is 4.96. The lowest BCUT2D eigenvalue weighted by Gasteiger charge is -2.19. The summed E-state index contributed by atoms with van der Waals surface area (Å²) in [6.07, 6.45) is 7.26. The molecule has 0 aromatic rings. The van der Waals surface area contributed by atoms with Crippen molar-refractivity contribution in [2.75, 3.05) is 26.2 Å². The first-order valence-corrected chi connectivity index (χ1v) is 4.56. The van der Waals surface area contributed by atoms with Gasteiger partial charge in [-0.2, -0.15) is 0 Å². The number of hydrogen-bond donors (Lipinski definition) is 1. The van der Waals surface area contributed by atoms with Crippen molar-refractivity contribution >= 4 is 0 Å². The van der Waals surface area contributed by atoms with Crippen LogP contribution in [-0.4, -0.2) is 37.1 Å². The molecule has 11 heavy (non-hydrogen) atoms. The van der Waals surface area contributed by atoms with Crippen LogP contribution >= 0.6 is 0 Å². The maximum absolute atomic E-state index is 3.51. The second-order valence-electron chi connectivity index (χ2n) is 3.48. The fourth-order valence-corrected chi connectivity index (χ4v) is 1.90. The predicted molar refractivity (Wildman–Crippen MR) is 46.6 cm³/mol. The summed E-state index contributed by atoms with van der Waals surface area (Å²) in [5, 5.41) is 3.51. The molecule has 2 aliphatic rings. The summed E-state index contributed by atoms with van der Waals surface area (Å²) in [4.78, 5) is 2.49. The van der Waals surface area contributed by atoms with Crippen LogP contribution in [0, 0.1) is 0 Å². The summed E-state index contributed by atoms with van der Waals surface area (Å²) in [7, 11) is 0. The molecular formula is C9H16N2. The Labute approximate surface area is 68.3 Å². The summed E-state index contributed by atoms with van der Waals surface area (Å²) in [6, 6.07) is 0.773. The molecule has 1 N–H and O–H groups in total. The van der Waals surface area contributed by atoms with Crippen molar-refractivity contribution in [1.29, 1.82) is 0 Å². The average molecular weight is 152 g/mol. The van der Waals surface area contributed by atoms with E-state index in [0.717, 1.165) is 19.1 Å². The molecule has 2 heterocycles. The van der Waals surface area contributed by atoms with Gasteiger partial charge in [0.25, 0.3) is 0 Å². The number of nitrogens with one attached hydrogen (secondary N) is 1. The van der Waals surface area contributed by atoms with Crippen molar-refractivity contribution < 1.29 is 0 Å². The third kappa shape index (κ3) is 1.82. The molecule has 2 nitrogen and oxygen atoms in total. The maximum atomic E-state index is 3.51. The van der Waals surface area contributed by atoms with E-state index in [1.165, 1.54) is 25.9 Å². The highest BCUT2D eigenvalue weighted by atomic mass is 15.2. The molecule has 2 aliphatic heterocycles. The van der Waals surface area contributed by atoms with E-state index >= 15 is 0 Å². The monoisotopic (exact) mass is 152 g/mol. The van der Waals surface area contributed by atoms with Crippen LogP contribution in [0.5, 0.6) is 0 Å². The lowest BCUT2D eigenvalue weighted by Crippen LogP contribution is -2.36. The molecule has 2 heteroatoms. The summed E-state index contributed by atoms with van der Waals surface area (Å²) < 4.78 is 0. The van der Waals surface area contributed by atoms with E-state index in [0.29, 0.717) is 0 Å². The Bertz CT molecular complexity index is 140. The summed E-state index contributed by atoms with van der Waals surface area (Å²) in [6.45, 7) is 4.80. The summed E-state index contributed by atoms with van der Waals surface area (Å²) >= 11 is 0. The minimum absolute atomic E-state index is 0.773. The molecule has 0 radical (unpaired) electrons. The Morgan fingerprint density at radius 2 is 2.18 bits per heavy atom. The first kappa shape index (κ1) is 7.32. The van der Waals surface area contributed by atoms with Crippen molar-refractivity contribution in [2.24, 2.45) is 0 Å². The van der Waals surface area contributed by atoms with Crippen LogP contribution < -0.4 is 5.32 Å². The van der Waals surface area contributed by atoms with E-state index in [-0.39, 0.29) is 0 Å². The molecular weight excluding hydrogens is 136 g/mol. The topological polar surface area (TPSA) is 15.3 Å². The number of rotatable bonds is 2. The Morgan fingerprint density at radius 1 is 1.36 bits per heavy atom. The van der Waals surface area contributed by atoms with Gasteiger partial charge in [0.1, 0.15) is 0 Å². The largest absolute Gasteiger partial charge is 0.313 e. The maximum Gasteiger partial charge on any atom is 0.0195 e. The van der Waals surface area contributed by atoms with Crippen LogP contribution in [0.2, 0.25) is 0 Å². The van der Waals surface area contributed by atoms with Crippen LogP contribution in [0.4, 0.5) is 0 Å². The zero-order valence-corrected chi connectivity index (χ0v) is 6.92. The molecule has 1 saturated heterocycles. The lowest BCUT2D eigenvalue weighted by molar-refractivity contribution is 0.314. The van der Waals surface area contributed by atoms with Gasteiger partial charge < -0.3 is 5.32 Å². The van der Waals surface area contributed by atoms with E-state index in [1.807, 2.05) is 0 Å². The molecule has 0 unspecified atom stereocenters. The highest BCUT2D eigenvalue weighted by Gasteiger charge is 2.17. The SMILES string of the molecule is C1=CCN(C[C@@H]2CCCN2)C1. The van der Waals surface area contributed by atoms with Crippen LogP contribution in [-0.2, 0) is 0 Å². The first-order valence-electron chi connectivity index (χ1n) is 4.56. The van der Waals surface area contributed by atoms with Crippen molar-refractivity contribution in [3.63, 3.8) is 0 Å². The van der Waals surface area contributed by atoms with Gasteiger partial charge >= 0.3 is 0 Å². The van der Waals surface area contributed by atoms with E-state index in [1.54, 1.807) is 0 Å². The number of hydrogen-bond acceptors (Lipinski definition) is 2. The zero-order valence-electron chi connectivity index (χ0n) is 6.92. The van der Waals surface area contributed by atoms with E-state index in [9.17, 15) is 0 Å². The molecule has 0 aromatic carbocycles. The number of nitrogens with zero attached hydrogens (tertiary/aromatic N) is 1. The van der Waals surface area contributed by atoms with Crippen LogP contribution in [0.25, 0.3) is 0 Å². The smallest absolute Gasteiger partial charge is 0.0195 e. The van der Waals surface area contributed by atoms with Gasteiger partial charge in [-0.25, -0.2) is 0 Å². The molecule has 1 atom stereocenters. The van der Waals surface area contributed by atoms with Crippen molar-refractivity contribution in [2.45, 2.75) is 18.9 Å². The summed E-state index contributed by atoms with van der Waals surface area (Å²) in [5.41, 5.74) is 0. The fourth-order valence-electron chi connectivity index (χ4n) is 1.90. The Hall–Kier alpha value is -0.340. The quantitative estimate of drug-likeness (QED) is 0.583. The van der Waals surface area contributed by atoms with Gasteiger partial charge in [-0.1, -0.05) is 12.2 Å². The van der Waals surface area contributed by atoms with Gasteiger partial charge in [0, 0.05) is 25.7 Å². The zero-order chi connectivity index (χ0) is 7.52. The second-order valence-corrected chi connectivity index (χ2v) is 3.48. The molecule has 0 aliphatic carbocycles. The van der Waals surface area contributed by atoms with Crippen LogP contribution in [0.1, 0.15) is 12.8 Å². The molecule has 0 bridgehead atoms. The standard InChI is InChI=1S/C9H16N2/c1-2-7-11(6-1)8-9-4-3-5-10-9/h1-2,9-10H,3-8H2/t9-/m0/s1. The van der Waals surface area contributed by atoms with Crippen molar-refractivity contribution in [1.82, 2.24) is 10.2 Å². The van der Waals surface area contributed by atoms with Gasteiger partial charge in [0.2, 0.25) is 0 Å². The third-order valence-electron chi connectivity index (χ3n) is 2.53. The van der Waals surface area contributed by atoms with Gasteiger partial charge in [0.05, 0.1) is 0 Å². The van der Waals surface area contributed by atoms with Gasteiger partial charge in [-0.15, -0.1) is 0 Å². The fraction of sp³-hybridized carbons (Fsp3) is 0.778. The molecule has 62 valence electrons. The van der Waals surface area contributed by atoms with Gasteiger partial charge in [-0.3, -0.25) is 4.90 Å². The molecule has 2 rings (SSSR count). The molecule has 0 amide bonds. The lowest BCUT2D eigenvalue weighted by atomic mass is 10.2. The molecule has 0 aromatic heterocycles. The molecule has 0 saturated carbocycles. The van der Waals surface area contributed by atoms with E-state index in [2.05, 4.69) is 22.4 Å². The summed E-state index contributed by atoms with van der Waals surface area (Å²) in [5.74, 6) is 0. The normalized spacial score (nSPS) is 31.8. The van der Waals surface area contributed by atoms with Crippen molar-refractivity contribution in [3.8, 4) is 0 Å². The Kier molecular flexibility index (Phi) is 2.24. The van der Waals surface area contributed by atoms with Crippen LogP contribution in [0.3, 0.4) is 0 Å². The molecule has 0 spiro atoms. The van der Waals surface area contributed by atoms with E-state index < -0.39 is 0 Å². The Morgan fingerprint density at radius 3 is 2.82 bits per heavy atom. The average Bonchev–Trinajstić information content (AvgIpc) is 2.60. The van der Waals surface area contributed by atoms with E-state index in [4.69, 9.17) is 0 Å². The van der Waals surface area contributed by atoms with Crippen molar-refractivity contribution in [3.05, 3.63) is 12.2 Å². The minimum Gasteiger partial charge on any atom is -0.313 e. The first-order chi connectivity index (χ1) is 5.45. The Balaban J connectivity index is 1.72. The van der Waals surface area contributed by atoms with Gasteiger partial charge in [-0.05, 0) is 19.4 Å².